The molecule has 0 spiro atoms. The van der Waals surface area contributed by atoms with Crippen LogP contribution in [0.4, 0.5) is 0 Å². The smallest absolute Gasteiger partial charge is 0.0948 e. The van der Waals surface area contributed by atoms with Gasteiger partial charge >= 0.3 is 0 Å². The maximum atomic E-state index is 9.63. The van der Waals surface area contributed by atoms with E-state index in [-0.39, 0.29) is 12.1 Å². The monoisotopic (exact) mass is 227 g/mol. The minimum absolute atomic E-state index is 0.169. The van der Waals surface area contributed by atoms with E-state index in [1.54, 1.807) is 0 Å². The van der Waals surface area contributed by atoms with Crippen molar-refractivity contribution in [3.8, 4) is 0 Å². The van der Waals surface area contributed by atoms with E-state index in [2.05, 4.69) is 12.2 Å². The molecule has 1 saturated carbocycles. The highest BCUT2D eigenvalue weighted by molar-refractivity contribution is 4.82. The molecule has 4 atom stereocenters. The summed E-state index contributed by atoms with van der Waals surface area (Å²) in [4.78, 5) is 0. The van der Waals surface area contributed by atoms with Gasteiger partial charge in [-0.05, 0) is 31.2 Å². The van der Waals surface area contributed by atoms with E-state index in [1.165, 1.54) is 32.1 Å². The van der Waals surface area contributed by atoms with Gasteiger partial charge in [-0.25, -0.2) is 0 Å². The zero-order chi connectivity index (χ0) is 11.4. The third-order valence-corrected chi connectivity index (χ3v) is 4.19. The Morgan fingerprint density at radius 3 is 2.75 bits per heavy atom. The number of aliphatic hydroxyl groups excluding tert-OH is 1. The summed E-state index contributed by atoms with van der Waals surface area (Å²) < 4.78 is 5.24. The van der Waals surface area contributed by atoms with Crippen molar-refractivity contribution in [2.24, 2.45) is 11.8 Å². The van der Waals surface area contributed by atoms with Gasteiger partial charge in [-0.15, -0.1) is 0 Å². The lowest BCUT2D eigenvalue weighted by Crippen LogP contribution is -2.42. The van der Waals surface area contributed by atoms with Crippen LogP contribution in [-0.4, -0.2) is 37.0 Å². The quantitative estimate of drug-likeness (QED) is 0.765. The van der Waals surface area contributed by atoms with E-state index in [0.717, 1.165) is 18.4 Å². The maximum absolute atomic E-state index is 9.63. The first-order valence-electron chi connectivity index (χ1n) is 6.78. The molecule has 1 heterocycles. The number of rotatable bonds is 4. The molecular formula is C13H25NO2. The molecule has 0 aromatic heterocycles. The Bertz CT molecular complexity index is 210. The Morgan fingerprint density at radius 2 is 2.06 bits per heavy atom. The molecule has 1 aliphatic carbocycles. The van der Waals surface area contributed by atoms with E-state index in [1.807, 2.05) is 0 Å². The predicted molar refractivity (Wildman–Crippen MR) is 64.4 cm³/mol. The van der Waals surface area contributed by atoms with Crippen LogP contribution in [-0.2, 0) is 4.74 Å². The van der Waals surface area contributed by atoms with Crippen LogP contribution in [0.15, 0.2) is 0 Å². The molecule has 0 aromatic carbocycles. The minimum atomic E-state index is -0.300. The van der Waals surface area contributed by atoms with Crippen molar-refractivity contribution >= 4 is 0 Å². The molecule has 0 bridgehead atoms. The number of hydrogen-bond acceptors (Lipinski definition) is 3. The molecule has 3 nitrogen and oxygen atoms in total. The Hall–Kier alpha value is -0.120. The van der Waals surface area contributed by atoms with Gasteiger partial charge in [-0.2, -0.15) is 0 Å². The van der Waals surface area contributed by atoms with Crippen LogP contribution in [0.3, 0.4) is 0 Å². The van der Waals surface area contributed by atoms with E-state index in [0.29, 0.717) is 13.2 Å². The molecule has 0 amide bonds. The van der Waals surface area contributed by atoms with Gasteiger partial charge in [-0.3, -0.25) is 0 Å². The van der Waals surface area contributed by atoms with Gasteiger partial charge in [0.25, 0.3) is 0 Å². The maximum Gasteiger partial charge on any atom is 0.0948 e. The Balaban J connectivity index is 1.68. The molecule has 1 saturated heterocycles. The highest BCUT2D eigenvalue weighted by Crippen LogP contribution is 2.30. The predicted octanol–water partition coefficient (Wildman–Crippen LogP) is 1.55. The first kappa shape index (κ1) is 12.3. The fourth-order valence-electron chi connectivity index (χ4n) is 3.01. The summed E-state index contributed by atoms with van der Waals surface area (Å²) in [5.74, 6) is 1.75. The second-order valence-corrected chi connectivity index (χ2v) is 5.43. The fourth-order valence-corrected chi connectivity index (χ4v) is 3.01. The fraction of sp³-hybridized carbons (Fsp3) is 1.00. The molecule has 2 N–H and O–H groups in total. The lowest BCUT2D eigenvalue weighted by Gasteiger charge is -2.29. The standard InChI is InChI=1S/C13H25NO2/c1-2-10-4-3-5-11(6-10)7-14-12-8-16-9-13(12)15/h10-15H,2-9H2,1H3. The normalized spacial score (nSPS) is 40.1. The van der Waals surface area contributed by atoms with Gasteiger partial charge in [0.2, 0.25) is 0 Å². The average Bonchev–Trinajstić information content (AvgIpc) is 2.72. The van der Waals surface area contributed by atoms with Gasteiger partial charge < -0.3 is 15.2 Å². The molecule has 3 heteroatoms. The first-order chi connectivity index (χ1) is 7.79. The topological polar surface area (TPSA) is 41.5 Å². The third-order valence-electron chi connectivity index (χ3n) is 4.19. The van der Waals surface area contributed by atoms with Crippen LogP contribution in [0.5, 0.6) is 0 Å². The molecule has 0 aromatic rings. The van der Waals surface area contributed by atoms with Crippen molar-refractivity contribution in [3.05, 3.63) is 0 Å². The van der Waals surface area contributed by atoms with Crippen LogP contribution >= 0.6 is 0 Å². The highest BCUT2D eigenvalue weighted by atomic mass is 16.5. The largest absolute Gasteiger partial charge is 0.389 e. The van der Waals surface area contributed by atoms with Crippen molar-refractivity contribution in [1.29, 1.82) is 0 Å². The third kappa shape index (κ3) is 3.19. The van der Waals surface area contributed by atoms with Gasteiger partial charge in [0.15, 0.2) is 0 Å². The lowest BCUT2D eigenvalue weighted by atomic mass is 9.80. The van der Waals surface area contributed by atoms with Crippen molar-refractivity contribution < 1.29 is 9.84 Å². The number of ether oxygens (including phenoxy) is 1. The molecule has 2 fully saturated rings. The van der Waals surface area contributed by atoms with Gasteiger partial charge in [0, 0.05) is 0 Å². The second-order valence-electron chi connectivity index (χ2n) is 5.43. The molecule has 2 aliphatic rings. The van der Waals surface area contributed by atoms with Gasteiger partial charge in [0.1, 0.15) is 0 Å². The summed E-state index contributed by atoms with van der Waals surface area (Å²) >= 11 is 0. The summed E-state index contributed by atoms with van der Waals surface area (Å²) in [6.07, 6.45) is 6.55. The molecule has 0 radical (unpaired) electrons. The zero-order valence-corrected chi connectivity index (χ0v) is 10.3. The SMILES string of the molecule is CCC1CCCC(CNC2COCC2O)C1. The van der Waals surface area contributed by atoms with Crippen molar-refractivity contribution in [2.45, 2.75) is 51.2 Å². The minimum Gasteiger partial charge on any atom is -0.389 e. The summed E-state index contributed by atoms with van der Waals surface area (Å²) in [7, 11) is 0. The molecule has 4 unspecified atom stereocenters. The highest BCUT2D eigenvalue weighted by Gasteiger charge is 2.27. The summed E-state index contributed by atoms with van der Waals surface area (Å²) in [6.45, 7) is 4.53. The lowest BCUT2D eigenvalue weighted by molar-refractivity contribution is 0.121. The Labute approximate surface area is 98.6 Å². The summed E-state index contributed by atoms with van der Waals surface area (Å²) in [6, 6.07) is 0.169. The van der Waals surface area contributed by atoms with E-state index in [9.17, 15) is 5.11 Å². The second kappa shape index (κ2) is 5.99. The zero-order valence-electron chi connectivity index (χ0n) is 10.3. The van der Waals surface area contributed by atoms with Crippen LogP contribution in [0.25, 0.3) is 0 Å². The average molecular weight is 227 g/mol. The van der Waals surface area contributed by atoms with Gasteiger partial charge in [-0.1, -0.05) is 26.2 Å². The first-order valence-corrected chi connectivity index (χ1v) is 6.78. The summed E-state index contributed by atoms with van der Waals surface area (Å²) in [5, 5.41) is 13.1. The molecular weight excluding hydrogens is 202 g/mol. The number of aliphatic hydroxyl groups is 1. The van der Waals surface area contributed by atoms with Crippen LogP contribution in [0.2, 0.25) is 0 Å². The van der Waals surface area contributed by atoms with E-state index >= 15 is 0 Å². The molecule has 2 rings (SSSR count). The van der Waals surface area contributed by atoms with Crippen LogP contribution < -0.4 is 5.32 Å². The molecule has 16 heavy (non-hydrogen) atoms. The summed E-state index contributed by atoms with van der Waals surface area (Å²) in [5.41, 5.74) is 0. The van der Waals surface area contributed by atoms with E-state index < -0.39 is 0 Å². The van der Waals surface area contributed by atoms with Crippen molar-refractivity contribution in [1.82, 2.24) is 5.32 Å². The number of hydrogen-bond donors (Lipinski definition) is 2. The Morgan fingerprint density at radius 1 is 1.25 bits per heavy atom. The van der Waals surface area contributed by atoms with Crippen LogP contribution in [0, 0.1) is 11.8 Å². The van der Waals surface area contributed by atoms with Crippen molar-refractivity contribution in [3.63, 3.8) is 0 Å². The van der Waals surface area contributed by atoms with Crippen LogP contribution in [0.1, 0.15) is 39.0 Å². The molecule has 1 aliphatic heterocycles. The van der Waals surface area contributed by atoms with Crippen molar-refractivity contribution in [2.75, 3.05) is 19.8 Å². The molecule has 94 valence electrons. The number of nitrogens with one attached hydrogen (secondary N) is 1. The van der Waals surface area contributed by atoms with E-state index in [4.69, 9.17) is 4.74 Å². The Kier molecular flexibility index (Phi) is 4.62. The van der Waals surface area contributed by atoms with Gasteiger partial charge in [0.05, 0.1) is 25.4 Å².